The Labute approximate surface area is 122 Å². The lowest BCUT2D eigenvalue weighted by atomic mass is 9.69. The Morgan fingerprint density at radius 2 is 1.50 bits per heavy atom. The van der Waals surface area contributed by atoms with Crippen molar-refractivity contribution in [3.63, 3.8) is 0 Å². The van der Waals surface area contributed by atoms with Crippen LogP contribution in [0.15, 0.2) is 0 Å². The summed E-state index contributed by atoms with van der Waals surface area (Å²) in [5, 5.41) is 0. The highest BCUT2D eigenvalue weighted by Crippen LogP contribution is 2.43. The number of halogens is 1. The van der Waals surface area contributed by atoms with Gasteiger partial charge >= 0.3 is 0 Å². The first kappa shape index (κ1) is 17.3. The third kappa shape index (κ3) is 3.67. The third-order valence-electron chi connectivity index (χ3n) is 5.45. The fourth-order valence-electron chi connectivity index (χ4n) is 2.76. The molecule has 0 atom stereocenters. The summed E-state index contributed by atoms with van der Waals surface area (Å²) in [6.45, 7) is 9.97. The Morgan fingerprint density at radius 3 is 1.90 bits per heavy atom. The summed E-state index contributed by atoms with van der Waals surface area (Å²) in [5.74, 6) is -0.597. The molecule has 0 spiro atoms. The highest BCUT2D eigenvalue weighted by Gasteiger charge is 2.45. The standard InChI is InChI=1S/C17H29FO2/c1-6-16(5,7-2)13(19)12-14(20)17(18)10-8-15(3,4)9-11-17/h6-12H2,1-5H3. The number of rotatable bonds is 6. The van der Waals surface area contributed by atoms with Crippen molar-refractivity contribution in [2.75, 3.05) is 0 Å². The first-order valence-corrected chi connectivity index (χ1v) is 7.84. The van der Waals surface area contributed by atoms with E-state index in [1.54, 1.807) is 0 Å². The van der Waals surface area contributed by atoms with Crippen LogP contribution in [0.25, 0.3) is 0 Å². The van der Waals surface area contributed by atoms with Crippen LogP contribution in [-0.2, 0) is 9.59 Å². The van der Waals surface area contributed by atoms with Gasteiger partial charge in [-0.1, -0.05) is 34.6 Å². The van der Waals surface area contributed by atoms with Gasteiger partial charge in [0.05, 0.1) is 6.42 Å². The van der Waals surface area contributed by atoms with Crippen LogP contribution in [0.2, 0.25) is 0 Å². The molecule has 3 heteroatoms. The summed E-state index contributed by atoms with van der Waals surface area (Å²) in [7, 11) is 0. The van der Waals surface area contributed by atoms with Crippen LogP contribution in [0.5, 0.6) is 0 Å². The van der Waals surface area contributed by atoms with E-state index in [1.165, 1.54) is 0 Å². The molecule has 20 heavy (non-hydrogen) atoms. The zero-order valence-corrected chi connectivity index (χ0v) is 13.6. The lowest BCUT2D eigenvalue weighted by Gasteiger charge is -2.38. The summed E-state index contributed by atoms with van der Waals surface area (Å²) in [6.07, 6.45) is 3.10. The Balaban J connectivity index is 2.70. The summed E-state index contributed by atoms with van der Waals surface area (Å²) in [6, 6.07) is 0. The minimum absolute atomic E-state index is 0.102. The second-order valence-corrected chi connectivity index (χ2v) is 7.42. The SMILES string of the molecule is CCC(C)(CC)C(=O)CC(=O)C1(F)CCC(C)(C)CC1. The summed E-state index contributed by atoms with van der Waals surface area (Å²) in [5.41, 5.74) is -2.14. The van der Waals surface area contributed by atoms with Gasteiger partial charge in [0.15, 0.2) is 11.5 Å². The van der Waals surface area contributed by atoms with Crippen LogP contribution in [0, 0.1) is 10.8 Å². The Bertz CT molecular complexity index is 370. The van der Waals surface area contributed by atoms with E-state index < -0.39 is 16.9 Å². The zero-order chi connectivity index (χ0) is 15.6. The molecule has 0 unspecified atom stereocenters. The highest BCUT2D eigenvalue weighted by molar-refractivity contribution is 6.05. The van der Waals surface area contributed by atoms with E-state index in [4.69, 9.17) is 0 Å². The number of hydrogen-bond donors (Lipinski definition) is 0. The van der Waals surface area contributed by atoms with Gasteiger partial charge in [-0.15, -0.1) is 0 Å². The zero-order valence-electron chi connectivity index (χ0n) is 13.6. The van der Waals surface area contributed by atoms with Crippen LogP contribution in [-0.4, -0.2) is 17.2 Å². The van der Waals surface area contributed by atoms with E-state index >= 15 is 0 Å². The maximum atomic E-state index is 14.8. The number of carbonyl (C=O) groups excluding carboxylic acids is 2. The number of carbonyl (C=O) groups is 2. The van der Waals surface area contributed by atoms with Crippen LogP contribution < -0.4 is 0 Å². The van der Waals surface area contributed by atoms with Crippen LogP contribution >= 0.6 is 0 Å². The molecule has 1 aliphatic carbocycles. The van der Waals surface area contributed by atoms with Gasteiger partial charge in [0.2, 0.25) is 0 Å². The molecule has 2 nitrogen and oxygen atoms in total. The quantitative estimate of drug-likeness (QED) is 0.665. The summed E-state index contributed by atoms with van der Waals surface area (Å²) in [4.78, 5) is 24.5. The van der Waals surface area contributed by atoms with E-state index in [9.17, 15) is 14.0 Å². The molecule has 0 radical (unpaired) electrons. The minimum atomic E-state index is -1.77. The van der Waals surface area contributed by atoms with Gasteiger partial charge in [-0.3, -0.25) is 9.59 Å². The topological polar surface area (TPSA) is 34.1 Å². The normalized spacial score (nSPS) is 21.5. The smallest absolute Gasteiger partial charge is 0.177 e. The average Bonchev–Trinajstić information content (AvgIpc) is 2.41. The molecule has 1 saturated carbocycles. The molecule has 0 aromatic carbocycles. The molecule has 1 aliphatic rings. The number of Topliss-reactive ketones (excluding diaryl/α,β-unsaturated/α-hetero) is 2. The van der Waals surface area contributed by atoms with Gasteiger partial charge in [-0.05, 0) is 43.9 Å². The molecule has 0 heterocycles. The van der Waals surface area contributed by atoms with Crippen molar-refractivity contribution in [1.82, 2.24) is 0 Å². The fraction of sp³-hybridized carbons (Fsp3) is 0.882. The molecule has 0 aliphatic heterocycles. The average molecular weight is 284 g/mol. The second-order valence-electron chi connectivity index (χ2n) is 7.42. The molecule has 1 fully saturated rings. The number of hydrogen-bond acceptors (Lipinski definition) is 2. The Hall–Kier alpha value is -0.730. The third-order valence-corrected chi connectivity index (χ3v) is 5.45. The molecule has 0 bridgehead atoms. The minimum Gasteiger partial charge on any atom is -0.299 e. The molecule has 0 aromatic rings. The van der Waals surface area contributed by atoms with Crippen molar-refractivity contribution in [1.29, 1.82) is 0 Å². The predicted molar refractivity (Wildman–Crippen MR) is 79.4 cm³/mol. The van der Waals surface area contributed by atoms with Crippen LogP contribution in [0.4, 0.5) is 4.39 Å². The Kier molecular flexibility index (Phi) is 5.15. The van der Waals surface area contributed by atoms with Gasteiger partial charge in [0.1, 0.15) is 5.78 Å². The van der Waals surface area contributed by atoms with Crippen molar-refractivity contribution >= 4 is 11.6 Å². The van der Waals surface area contributed by atoms with Gasteiger partial charge < -0.3 is 0 Å². The molecular formula is C17H29FO2. The molecule has 0 N–H and O–H groups in total. The molecule has 116 valence electrons. The summed E-state index contributed by atoms with van der Waals surface area (Å²) >= 11 is 0. The summed E-state index contributed by atoms with van der Waals surface area (Å²) < 4.78 is 14.8. The van der Waals surface area contributed by atoms with Crippen LogP contribution in [0.3, 0.4) is 0 Å². The van der Waals surface area contributed by atoms with Crippen molar-refractivity contribution < 1.29 is 14.0 Å². The van der Waals surface area contributed by atoms with Crippen molar-refractivity contribution in [3.8, 4) is 0 Å². The van der Waals surface area contributed by atoms with E-state index in [0.29, 0.717) is 25.7 Å². The molecule has 0 saturated heterocycles. The number of ketones is 2. The predicted octanol–water partition coefficient (Wildman–Crippen LogP) is 4.65. The molecule has 0 aromatic heterocycles. The van der Waals surface area contributed by atoms with Crippen LogP contribution in [0.1, 0.15) is 79.6 Å². The number of alkyl halides is 1. The molecule has 1 rings (SSSR count). The monoisotopic (exact) mass is 284 g/mol. The highest BCUT2D eigenvalue weighted by atomic mass is 19.1. The first-order valence-electron chi connectivity index (χ1n) is 7.84. The van der Waals surface area contributed by atoms with Crippen molar-refractivity contribution in [2.45, 2.75) is 85.2 Å². The maximum Gasteiger partial charge on any atom is 0.177 e. The van der Waals surface area contributed by atoms with Gasteiger partial charge in [-0.2, -0.15) is 0 Å². The fourth-order valence-corrected chi connectivity index (χ4v) is 2.76. The van der Waals surface area contributed by atoms with E-state index in [2.05, 4.69) is 13.8 Å². The maximum absolute atomic E-state index is 14.8. The molecule has 0 amide bonds. The molecular weight excluding hydrogens is 255 g/mol. The van der Waals surface area contributed by atoms with Gasteiger partial charge in [0.25, 0.3) is 0 Å². The lowest BCUT2D eigenvalue weighted by Crippen LogP contribution is -2.42. The van der Waals surface area contributed by atoms with E-state index in [1.807, 2.05) is 20.8 Å². The van der Waals surface area contributed by atoms with Gasteiger partial charge in [0, 0.05) is 5.41 Å². The van der Waals surface area contributed by atoms with Crippen molar-refractivity contribution in [3.05, 3.63) is 0 Å². The lowest BCUT2D eigenvalue weighted by molar-refractivity contribution is -0.141. The Morgan fingerprint density at radius 1 is 1.05 bits per heavy atom. The second kappa shape index (κ2) is 5.95. The van der Waals surface area contributed by atoms with E-state index in [0.717, 1.165) is 0 Å². The largest absolute Gasteiger partial charge is 0.299 e. The first-order chi connectivity index (χ1) is 9.08. The van der Waals surface area contributed by atoms with E-state index in [-0.39, 0.29) is 30.5 Å². The van der Waals surface area contributed by atoms with Gasteiger partial charge in [-0.25, -0.2) is 4.39 Å². The van der Waals surface area contributed by atoms with Crippen molar-refractivity contribution in [2.24, 2.45) is 10.8 Å².